The van der Waals surface area contributed by atoms with E-state index in [0.29, 0.717) is 6.42 Å². The van der Waals surface area contributed by atoms with Gasteiger partial charge >= 0.3 is 0 Å². The number of carbonyl (C=O) groups excluding carboxylic acids is 1. The molecule has 0 saturated carbocycles. The van der Waals surface area contributed by atoms with Crippen LogP contribution in [0.4, 0.5) is 17.1 Å². The second-order valence-corrected chi connectivity index (χ2v) is 5.74. The van der Waals surface area contributed by atoms with Crippen LogP contribution in [0.1, 0.15) is 23.1 Å². The molecule has 0 aromatic heterocycles. The second-order valence-electron chi connectivity index (χ2n) is 5.74. The Kier molecular flexibility index (Phi) is 2.64. The fraction of sp³-hybridized carbons (Fsp3) is 0.235. The average Bonchev–Trinajstić information content (AvgIpc) is 2.90. The summed E-state index contributed by atoms with van der Waals surface area (Å²) < 4.78 is 0. The predicted molar refractivity (Wildman–Crippen MR) is 84.1 cm³/mol. The van der Waals surface area contributed by atoms with Crippen molar-refractivity contribution in [2.45, 2.75) is 25.9 Å². The van der Waals surface area contributed by atoms with Crippen LogP contribution in [0.15, 0.2) is 36.4 Å². The molecule has 2 aromatic rings. The topological polar surface area (TPSA) is 58.4 Å². The molecular weight excluding hydrogens is 262 g/mol. The summed E-state index contributed by atoms with van der Waals surface area (Å²) in [5.74, 6) is 0.0860. The van der Waals surface area contributed by atoms with Gasteiger partial charge in [0.2, 0.25) is 5.91 Å². The van der Waals surface area contributed by atoms with Gasteiger partial charge in [-0.2, -0.15) is 0 Å². The Balaban J connectivity index is 1.70. The van der Waals surface area contributed by atoms with E-state index in [2.05, 4.69) is 34.5 Å². The molecule has 4 rings (SSSR count). The lowest BCUT2D eigenvalue weighted by atomic mass is 10.0. The summed E-state index contributed by atoms with van der Waals surface area (Å²) in [6, 6.07) is 12.5. The van der Waals surface area contributed by atoms with Crippen LogP contribution < -0.4 is 16.0 Å². The average molecular weight is 279 g/mol. The van der Waals surface area contributed by atoms with E-state index < -0.39 is 0 Å². The van der Waals surface area contributed by atoms with Gasteiger partial charge in [-0.1, -0.05) is 24.3 Å². The lowest BCUT2D eigenvalue weighted by molar-refractivity contribution is -0.116. The summed E-state index contributed by atoms with van der Waals surface area (Å²) in [4.78, 5) is 13.8. The van der Waals surface area contributed by atoms with Crippen LogP contribution in [0.3, 0.4) is 0 Å². The molecule has 0 aliphatic carbocycles. The summed E-state index contributed by atoms with van der Waals surface area (Å²) in [6.45, 7) is 1.74. The highest BCUT2D eigenvalue weighted by Gasteiger charge is 2.23. The number of hydrogen-bond acceptors (Lipinski definition) is 3. The van der Waals surface area contributed by atoms with Gasteiger partial charge in [0, 0.05) is 25.2 Å². The van der Waals surface area contributed by atoms with E-state index in [4.69, 9.17) is 5.73 Å². The maximum atomic E-state index is 11.6. The van der Waals surface area contributed by atoms with Gasteiger partial charge < -0.3 is 16.0 Å². The highest BCUT2D eigenvalue weighted by Crippen LogP contribution is 2.37. The maximum Gasteiger partial charge on any atom is 0.224 e. The minimum Gasteiger partial charge on any atom is -0.397 e. The first-order chi connectivity index (χ1) is 10.2. The molecule has 0 fully saturated rings. The molecule has 2 aromatic carbocycles. The van der Waals surface area contributed by atoms with E-state index in [0.717, 1.165) is 42.1 Å². The summed E-state index contributed by atoms with van der Waals surface area (Å²) in [6.07, 6.45) is 1.31. The quantitative estimate of drug-likeness (QED) is 0.789. The van der Waals surface area contributed by atoms with Crippen molar-refractivity contribution in [2.75, 3.05) is 16.0 Å². The van der Waals surface area contributed by atoms with E-state index in [-0.39, 0.29) is 5.91 Å². The number of nitrogen functional groups attached to an aromatic ring is 1. The van der Waals surface area contributed by atoms with Crippen molar-refractivity contribution in [3.8, 4) is 0 Å². The number of aryl methyl sites for hydroxylation is 1. The summed E-state index contributed by atoms with van der Waals surface area (Å²) in [5, 5.41) is 2.95. The second kappa shape index (κ2) is 4.52. The molecule has 0 bridgehead atoms. The lowest BCUT2D eigenvalue weighted by Gasteiger charge is -2.24. The third-order valence-electron chi connectivity index (χ3n) is 4.33. The summed E-state index contributed by atoms with van der Waals surface area (Å²) in [7, 11) is 0. The highest BCUT2D eigenvalue weighted by molar-refractivity contribution is 5.95. The predicted octanol–water partition coefficient (Wildman–Crippen LogP) is 2.67. The number of hydrogen-bond donors (Lipinski definition) is 2. The number of benzene rings is 2. The number of nitrogens with zero attached hydrogens (tertiary/aromatic N) is 1. The van der Waals surface area contributed by atoms with E-state index in [9.17, 15) is 4.79 Å². The summed E-state index contributed by atoms with van der Waals surface area (Å²) in [5.41, 5.74) is 12.8. The number of fused-ring (bicyclic) bond motifs is 2. The normalized spacial score (nSPS) is 16.4. The number of anilines is 3. The van der Waals surface area contributed by atoms with Crippen LogP contribution in [0, 0.1) is 0 Å². The van der Waals surface area contributed by atoms with Crippen molar-refractivity contribution >= 4 is 23.0 Å². The fourth-order valence-electron chi connectivity index (χ4n) is 3.21. The molecule has 0 unspecified atom stereocenters. The first kappa shape index (κ1) is 12.3. The SMILES string of the molecule is Nc1cc2c(cc1N1Cc3ccccc3C1)NC(=O)CC2. The zero-order chi connectivity index (χ0) is 14.4. The van der Waals surface area contributed by atoms with E-state index >= 15 is 0 Å². The monoisotopic (exact) mass is 279 g/mol. The number of amides is 1. The highest BCUT2D eigenvalue weighted by atomic mass is 16.1. The Hall–Kier alpha value is -2.49. The molecule has 4 heteroatoms. The van der Waals surface area contributed by atoms with Gasteiger partial charge in [0.25, 0.3) is 0 Å². The third-order valence-corrected chi connectivity index (χ3v) is 4.33. The van der Waals surface area contributed by atoms with E-state index in [1.807, 2.05) is 12.1 Å². The van der Waals surface area contributed by atoms with Crippen LogP contribution in [0.2, 0.25) is 0 Å². The van der Waals surface area contributed by atoms with Gasteiger partial charge in [-0.25, -0.2) is 0 Å². The zero-order valence-electron chi connectivity index (χ0n) is 11.7. The molecule has 0 atom stereocenters. The minimum absolute atomic E-state index is 0.0860. The van der Waals surface area contributed by atoms with Gasteiger partial charge in [0.05, 0.1) is 11.4 Å². The number of nitrogens with one attached hydrogen (secondary N) is 1. The molecule has 106 valence electrons. The number of rotatable bonds is 1. The van der Waals surface area contributed by atoms with Crippen molar-refractivity contribution in [1.82, 2.24) is 0 Å². The van der Waals surface area contributed by atoms with Crippen LogP contribution in [0.25, 0.3) is 0 Å². The Labute approximate surface area is 123 Å². The minimum atomic E-state index is 0.0860. The van der Waals surface area contributed by atoms with Crippen LogP contribution in [-0.2, 0) is 24.3 Å². The first-order valence-electron chi connectivity index (χ1n) is 7.25. The lowest BCUT2D eigenvalue weighted by Crippen LogP contribution is -2.21. The van der Waals surface area contributed by atoms with Crippen LogP contribution in [-0.4, -0.2) is 5.91 Å². The van der Waals surface area contributed by atoms with Crippen molar-refractivity contribution < 1.29 is 4.79 Å². The van der Waals surface area contributed by atoms with Crippen molar-refractivity contribution in [1.29, 1.82) is 0 Å². The van der Waals surface area contributed by atoms with Crippen LogP contribution >= 0.6 is 0 Å². The van der Waals surface area contributed by atoms with Crippen molar-refractivity contribution in [3.05, 3.63) is 53.1 Å². The van der Waals surface area contributed by atoms with Gasteiger partial charge in [-0.05, 0) is 35.2 Å². The Morgan fingerprint density at radius 2 is 1.71 bits per heavy atom. The smallest absolute Gasteiger partial charge is 0.224 e. The fourth-order valence-corrected chi connectivity index (χ4v) is 3.21. The van der Waals surface area contributed by atoms with Crippen LogP contribution in [0.5, 0.6) is 0 Å². The van der Waals surface area contributed by atoms with E-state index in [1.165, 1.54) is 11.1 Å². The van der Waals surface area contributed by atoms with Gasteiger partial charge in [-0.3, -0.25) is 4.79 Å². The molecule has 21 heavy (non-hydrogen) atoms. The maximum absolute atomic E-state index is 11.6. The molecule has 2 heterocycles. The standard InChI is InChI=1S/C17H17N3O/c18-14-7-11-5-6-17(21)19-15(11)8-16(14)20-9-12-3-1-2-4-13(12)10-20/h1-4,7-8H,5-6,9-10,18H2,(H,19,21). The van der Waals surface area contributed by atoms with Gasteiger partial charge in [0.15, 0.2) is 0 Å². The third kappa shape index (κ3) is 2.03. The Morgan fingerprint density at radius 3 is 2.43 bits per heavy atom. The van der Waals surface area contributed by atoms with Crippen molar-refractivity contribution in [2.24, 2.45) is 0 Å². The molecule has 0 radical (unpaired) electrons. The first-order valence-corrected chi connectivity index (χ1v) is 7.25. The van der Waals surface area contributed by atoms with E-state index in [1.54, 1.807) is 0 Å². The van der Waals surface area contributed by atoms with Crippen molar-refractivity contribution in [3.63, 3.8) is 0 Å². The molecule has 0 spiro atoms. The Morgan fingerprint density at radius 1 is 1.00 bits per heavy atom. The van der Waals surface area contributed by atoms with Gasteiger partial charge in [-0.15, -0.1) is 0 Å². The molecular formula is C17H17N3O. The molecule has 4 nitrogen and oxygen atoms in total. The molecule has 1 amide bonds. The number of nitrogens with two attached hydrogens (primary N) is 1. The molecule has 0 saturated heterocycles. The zero-order valence-corrected chi connectivity index (χ0v) is 11.7. The number of carbonyl (C=O) groups is 1. The largest absolute Gasteiger partial charge is 0.397 e. The molecule has 3 N–H and O–H groups in total. The summed E-state index contributed by atoms with van der Waals surface area (Å²) >= 11 is 0. The molecule has 2 aliphatic heterocycles. The van der Waals surface area contributed by atoms with Gasteiger partial charge in [0.1, 0.15) is 0 Å². The molecule has 2 aliphatic rings. The Bertz CT molecular complexity index is 714.